The van der Waals surface area contributed by atoms with Gasteiger partial charge in [-0.3, -0.25) is 33.1 Å². The van der Waals surface area contributed by atoms with Gasteiger partial charge in [-0.2, -0.15) is 4.57 Å². The summed E-state index contributed by atoms with van der Waals surface area (Å²) in [4.78, 5) is 77.6. The van der Waals surface area contributed by atoms with Crippen LogP contribution in [0.5, 0.6) is 11.5 Å². The Morgan fingerprint density at radius 3 is 2.35 bits per heavy atom. The molecule has 2 aliphatic heterocycles. The van der Waals surface area contributed by atoms with Crippen LogP contribution < -0.4 is 30.0 Å². The molecule has 2 saturated heterocycles. The maximum Gasteiger partial charge on any atom is 0.478 e. The second-order valence-corrected chi connectivity index (χ2v) is 17.3. The van der Waals surface area contributed by atoms with E-state index in [1.807, 2.05) is 0 Å². The molecular formula is C30H37N8O21P3. The van der Waals surface area contributed by atoms with Gasteiger partial charge in [0.15, 0.2) is 47.7 Å². The summed E-state index contributed by atoms with van der Waals surface area (Å²) in [5.41, 5.74) is 5.47. The predicted molar refractivity (Wildman–Crippen MR) is 197 cm³/mol. The van der Waals surface area contributed by atoms with Gasteiger partial charge in [-0.1, -0.05) is 0 Å². The van der Waals surface area contributed by atoms with Crippen LogP contribution in [0.4, 0.5) is 11.5 Å². The highest BCUT2D eigenvalue weighted by Gasteiger charge is 2.51. The number of aromatic nitrogens is 5. The predicted octanol–water partition coefficient (Wildman–Crippen LogP) is -1.77. The molecule has 0 saturated carbocycles. The van der Waals surface area contributed by atoms with Crippen molar-refractivity contribution in [1.82, 2.24) is 24.8 Å². The zero-order valence-corrected chi connectivity index (χ0v) is 34.5. The van der Waals surface area contributed by atoms with Crippen LogP contribution in [0.1, 0.15) is 28.4 Å². The van der Waals surface area contributed by atoms with Crippen molar-refractivity contribution in [2.75, 3.05) is 33.2 Å². The molecule has 0 spiro atoms. The smallest absolute Gasteiger partial charge is 0.478 e. The molecule has 29 nitrogen and oxygen atoms in total. The molecule has 0 radical (unpaired) electrons. The molecule has 1 amide bonds. The van der Waals surface area contributed by atoms with Gasteiger partial charge in [-0.15, -0.1) is 0 Å². The standard InChI is InChI=1S/C30H37N8O21P3/c1-52-17-6-15(16(38(43)44)7-18(17)53-2)8-32-28(42)14-4-3-5-36(9-14)29-24(41)22(39)19(56-29)10-54-61(48,49)59-62(50,51)55-11-20-23(40)25(58-60(45,46)47)30(57-20)37-13-35-21-26(31)33-12-34-27(21)37/h3-7,9,12-13,19-20,22-25,29-30,39-41H,8,10-11H2,1-2H3,(H6-,31,32,33,34,42,45,46,47,48,49,50,51)/t19-,20-,22-,23-,24-,25-,29-,30-/m1/s1. The third-order valence-corrected chi connectivity index (χ3v) is 12.3. The number of nitro groups is 1. The van der Waals surface area contributed by atoms with Crippen LogP contribution in [0.25, 0.3) is 11.2 Å². The molecule has 2 fully saturated rings. The number of nitrogens with two attached hydrogens (primary N) is 1. The number of benzene rings is 1. The van der Waals surface area contributed by atoms with Gasteiger partial charge in [0.25, 0.3) is 25.6 Å². The SMILES string of the molecule is COc1cc(CNC(=O)c2ccc[n+]([C@@H]3O[C@H](COP(=O)([O-])OP(=O)(O)OC[C@H]4O[C@@H](n5cnc6c(N)ncnc65)[C@H](OP(=O)(O)O)[C@@H]4O)[C@@H](O)[C@H]3O)c2)c([N+](=O)[O-])cc1OC. The Morgan fingerprint density at radius 2 is 1.68 bits per heavy atom. The molecule has 62 heavy (non-hydrogen) atoms. The molecule has 2 aliphatic rings. The van der Waals surface area contributed by atoms with Crippen LogP contribution in [-0.2, 0) is 47.6 Å². The van der Waals surface area contributed by atoms with Crippen molar-refractivity contribution >= 4 is 52.0 Å². The van der Waals surface area contributed by atoms with Crippen molar-refractivity contribution in [3.05, 3.63) is 70.6 Å². The second kappa shape index (κ2) is 18.6. The minimum atomic E-state index is -5.83. The molecule has 338 valence electrons. The molecule has 5 heterocycles. The first-order chi connectivity index (χ1) is 29.1. The third kappa shape index (κ3) is 10.6. The first-order valence-electron chi connectivity index (χ1n) is 17.5. The summed E-state index contributed by atoms with van der Waals surface area (Å²) in [6.45, 7) is -2.56. The van der Waals surface area contributed by atoms with Gasteiger partial charge in [-0.05, 0) is 12.1 Å². The van der Waals surface area contributed by atoms with E-state index in [-0.39, 0.29) is 51.8 Å². The number of methoxy groups -OCH3 is 2. The molecular weight excluding hydrogens is 901 g/mol. The number of aliphatic hydroxyl groups is 3. The lowest BCUT2D eigenvalue weighted by atomic mass is 10.1. The number of pyridine rings is 1. The van der Waals surface area contributed by atoms with Gasteiger partial charge in [0, 0.05) is 6.07 Å². The molecule has 9 N–H and O–H groups in total. The summed E-state index contributed by atoms with van der Waals surface area (Å²) >= 11 is 0. The fourth-order valence-electron chi connectivity index (χ4n) is 6.31. The Morgan fingerprint density at radius 1 is 1.00 bits per heavy atom. The van der Waals surface area contributed by atoms with Crippen molar-refractivity contribution < 1.29 is 99.7 Å². The number of anilines is 1. The van der Waals surface area contributed by atoms with Gasteiger partial charge >= 0.3 is 15.6 Å². The molecule has 6 rings (SSSR count). The number of phosphoric acid groups is 3. The zero-order chi connectivity index (χ0) is 45.3. The molecule has 4 aromatic rings. The number of carbonyl (C=O) groups excluding carboxylic acids is 1. The number of nitrogens with one attached hydrogen (secondary N) is 1. The topological polar surface area (TPSA) is 415 Å². The average molecular weight is 939 g/mol. The summed E-state index contributed by atoms with van der Waals surface area (Å²) in [6.07, 6.45) is -9.27. The van der Waals surface area contributed by atoms with E-state index in [0.717, 1.165) is 27.9 Å². The van der Waals surface area contributed by atoms with Crippen LogP contribution in [0.3, 0.4) is 0 Å². The monoisotopic (exact) mass is 938 g/mol. The van der Waals surface area contributed by atoms with Crippen LogP contribution in [0.15, 0.2) is 49.3 Å². The van der Waals surface area contributed by atoms with Crippen LogP contribution in [0.2, 0.25) is 0 Å². The summed E-state index contributed by atoms with van der Waals surface area (Å²) < 4.78 is 79.0. The fraction of sp³-hybridized carbons (Fsp3) is 0.433. The van der Waals surface area contributed by atoms with E-state index in [4.69, 9.17) is 33.7 Å². The average Bonchev–Trinajstić information content (AvgIpc) is 3.86. The van der Waals surface area contributed by atoms with Gasteiger partial charge in [0.2, 0.25) is 0 Å². The molecule has 10 atom stereocenters. The molecule has 1 aromatic carbocycles. The first-order valence-corrected chi connectivity index (χ1v) is 21.9. The fourth-order valence-corrected chi connectivity index (χ4v) is 8.91. The Labute approximate surface area is 347 Å². The summed E-state index contributed by atoms with van der Waals surface area (Å²) in [7, 11) is -14.2. The van der Waals surface area contributed by atoms with Gasteiger partial charge in [0.05, 0.1) is 56.9 Å². The summed E-state index contributed by atoms with van der Waals surface area (Å²) in [5, 5.41) is 46.4. The van der Waals surface area contributed by atoms with E-state index in [1.54, 1.807) is 0 Å². The molecule has 2 unspecified atom stereocenters. The van der Waals surface area contributed by atoms with Gasteiger partial charge in [0.1, 0.15) is 47.9 Å². The summed E-state index contributed by atoms with van der Waals surface area (Å²) in [6, 6.07) is 5.18. The molecule has 32 heteroatoms. The van der Waals surface area contributed by atoms with Crippen molar-refractivity contribution in [3.8, 4) is 11.5 Å². The minimum absolute atomic E-state index is 0.0267. The van der Waals surface area contributed by atoms with Gasteiger partial charge in [-0.25, -0.2) is 28.4 Å². The normalized spacial score (nSPS) is 25.9. The highest BCUT2D eigenvalue weighted by molar-refractivity contribution is 7.60. The third-order valence-electron chi connectivity index (χ3n) is 9.17. The summed E-state index contributed by atoms with van der Waals surface area (Å²) in [5.74, 6) is -0.548. The van der Waals surface area contributed by atoms with Crippen molar-refractivity contribution in [3.63, 3.8) is 0 Å². The van der Waals surface area contributed by atoms with E-state index < -0.39 is 96.6 Å². The molecule has 3 aromatic heterocycles. The lowest BCUT2D eigenvalue weighted by Crippen LogP contribution is -2.46. The number of hydrogen-bond donors (Lipinski definition) is 8. The second-order valence-electron chi connectivity index (χ2n) is 13.2. The lowest BCUT2D eigenvalue weighted by molar-refractivity contribution is -0.765. The number of fused-ring (bicyclic) bond motifs is 1. The van der Waals surface area contributed by atoms with E-state index in [1.165, 1.54) is 44.8 Å². The Bertz CT molecular complexity index is 2460. The number of imidazole rings is 1. The Hall–Kier alpha value is -4.64. The minimum Gasteiger partial charge on any atom is -0.756 e. The number of nitro benzene ring substituents is 1. The van der Waals surface area contributed by atoms with E-state index in [9.17, 15) is 63.5 Å². The zero-order valence-electron chi connectivity index (χ0n) is 31.8. The van der Waals surface area contributed by atoms with Crippen molar-refractivity contribution in [2.45, 2.75) is 55.6 Å². The number of phosphoric ester groups is 3. The quantitative estimate of drug-likeness (QED) is 0.0237. The number of ether oxygens (including phenoxy) is 4. The highest BCUT2D eigenvalue weighted by atomic mass is 31.3. The van der Waals surface area contributed by atoms with Crippen LogP contribution >= 0.6 is 23.5 Å². The maximum absolute atomic E-state index is 13.1. The number of rotatable bonds is 18. The lowest BCUT2D eigenvalue weighted by Gasteiger charge is -2.26. The number of nitrogens with zero attached hydrogens (tertiary/aromatic N) is 6. The number of hydrogen-bond acceptors (Lipinski definition) is 22. The number of aliphatic hydroxyl groups excluding tert-OH is 3. The maximum atomic E-state index is 13.1. The van der Waals surface area contributed by atoms with Crippen LogP contribution in [-0.4, -0.2) is 124 Å². The van der Waals surface area contributed by atoms with Crippen molar-refractivity contribution in [1.29, 1.82) is 0 Å². The van der Waals surface area contributed by atoms with E-state index in [0.29, 0.717) is 0 Å². The van der Waals surface area contributed by atoms with E-state index in [2.05, 4.69) is 29.1 Å². The van der Waals surface area contributed by atoms with Gasteiger partial charge < -0.3 is 69.4 Å². The number of carbonyl (C=O) groups is 1. The van der Waals surface area contributed by atoms with Crippen molar-refractivity contribution in [2.24, 2.45) is 0 Å². The van der Waals surface area contributed by atoms with Crippen LogP contribution in [0, 0.1) is 10.1 Å². The number of nitrogen functional groups attached to an aromatic ring is 1. The first kappa shape index (κ1) is 46.9. The number of amides is 1. The van der Waals surface area contributed by atoms with E-state index >= 15 is 0 Å². The molecule has 0 bridgehead atoms. The Balaban J connectivity index is 1.05. The largest absolute Gasteiger partial charge is 0.756 e. The Kier molecular flexibility index (Phi) is 14.1. The highest BCUT2D eigenvalue weighted by Crippen LogP contribution is 2.59. The molecule has 0 aliphatic carbocycles.